The second-order valence-corrected chi connectivity index (χ2v) is 5.82. The van der Waals surface area contributed by atoms with Gasteiger partial charge in [-0.3, -0.25) is 0 Å². The first-order chi connectivity index (χ1) is 8.40. The summed E-state index contributed by atoms with van der Waals surface area (Å²) in [6, 6.07) is 0.623. The standard InChI is InChI=1S/C15H29NO/c1-2-16-14-10-6-7-11-15(14)17-12-13-8-4-3-5-9-13/h13-16H,2-12H2,1H3. The van der Waals surface area contributed by atoms with Crippen LogP contribution in [0.5, 0.6) is 0 Å². The summed E-state index contributed by atoms with van der Waals surface area (Å²) in [6.45, 7) is 4.30. The van der Waals surface area contributed by atoms with Gasteiger partial charge in [0, 0.05) is 12.6 Å². The fraction of sp³-hybridized carbons (Fsp3) is 1.00. The first-order valence-corrected chi connectivity index (χ1v) is 7.75. The van der Waals surface area contributed by atoms with Gasteiger partial charge in [-0.25, -0.2) is 0 Å². The zero-order chi connectivity index (χ0) is 11.9. The molecule has 0 aromatic carbocycles. The van der Waals surface area contributed by atoms with Crippen LogP contribution in [0.15, 0.2) is 0 Å². The number of nitrogens with one attached hydrogen (secondary N) is 1. The molecular weight excluding hydrogens is 210 g/mol. The van der Waals surface area contributed by atoms with E-state index in [1.807, 2.05) is 0 Å². The second kappa shape index (κ2) is 7.38. The van der Waals surface area contributed by atoms with Crippen LogP contribution in [0.2, 0.25) is 0 Å². The molecule has 2 aliphatic carbocycles. The highest BCUT2D eigenvalue weighted by atomic mass is 16.5. The van der Waals surface area contributed by atoms with Gasteiger partial charge in [0.25, 0.3) is 0 Å². The molecule has 0 heterocycles. The van der Waals surface area contributed by atoms with E-state index in [-0.39, 0.29) is 0 Å². The largest absolute Gasteiger partial charge is 0.376 e. The van der Waals surface area contributed by atoms with Gasteiger partial charge in [0.15, 0.2) is 0 Å². The normalized spacial score (nSPS) is 31.6. The summed E-state index contributed by atoms with van der Waals surface area (Å²) in [7, 11) is 0. The molecule has 0 aromatic heterocycles. The van der Waals surface area contributed by atoms with Gasteiger partial charge in [0.05, 0.1) is 6.10 Å². The summed E-state index contributed by atoms with van der Waals surface area (Å²) >= 11 is 0. The van der Waals surface area contributed by atoms with Crippen LogP contribution in [0.4, 0.5) is 0 Å². The van der Waals surface area contributed by atoms with Gasteiger partial charge < -0.3 is 10.1 Å². The molecule has 2 rings (SSSR count). The highest BCUT2D eigenvalue weighted by molar-refractivity contribution is 4.81. The minimum Gasteiger partial charge on any atom is -0.376 e. The Bertz CT molecular complexity index is 199. The van der Waals surface area contributed by atoms with Crippen LogP contribution in [-0.4, -0.2) is 25.3 Å². The zero-order valence-corrected chi connectivity index (χ0v) is 11.4. The van der Waals surface area contributed by atoms with E-state index in [1.165, 1.54) is 57.8 Å². The first kappa shape index (κ1) is 13.4. The van der Waals surface area contributed by atoms with Crippen molar-refractivity contribution in [2.24, 2.45) is 5.92 Å². The van der Waals surface area contributed by atoms with Gasteiger partial charge in [-0.05, 0) is 38.1 Å². The lowest BCUT2D eigenvalue weighted by atomic mass is 9.89. The molecule has 0 bridgehead atoms. The maximum absolute atomic E-state index is 6.23. The van der Waals surface area contributed by atoms with Crippen molar-refractivity contribution in [3.05, 3.63) is 0 Å². The molecule has 100 valence electrons. The van der Waals surface area contributed by atoms with Gasteiger partial charge in [-0.15, -0.1) is 0 Å². The van der Waals surface area contributed by atoms with Crippen LogP contribution in [-0.2, 0) is 4.74 Å². The third kappa shape index (κ3) is 4.26. The van der Waals surface area contributed by atoms with E-state index >= 15 is 0 Å². The maximum atomic E-state index is 6.23. The fourth-order valence-corrected chi connectivity index (χ4v) is 3.41. The molecule has 0 saturated heterocycles. The Balaban J connectivity index is 1.71. The SMILES string of the molecule is CCNC1CCCCC1OCC1CCCCC1. The van der Waals surface area contributed by atoms with E-state index in [0.717, 1.165) is 19.1 Å². The molecule has 2 fully saturated rings. The van der Waals surface area contributed by atoms with E-state index in [2.05, 4.69) is 12.2 Å². The lowest BCUT2D eigenvalue weighted by molar-refractivity contribution is -0.0175. The number of ether oxygens (including phenoxy) is 1. The van der Waals surface area contributed by atoms with Crippen LogP contribution in [0.25, 0.3) is 0 Å². The lowest BCUT2D eigenvalue weighted by Crippen LogP contribution is -2.44. The first-order valence-electron chi connectivity index (χ1n) is 7.75. The summed E-state index contributed by atoms with van der Waals surface area (Å²) in [5, 5.41) is 3.60. The molecular formula is C15H29NO. The second-order valence-electron chi connectivity index (χ2n) is 5.82. The monoisotopic (exact) mass is 239 g/mol. The van der Waals surface area contributed by atoms with E-state index in [0.29, 0.717) is 12.1 Å². The molecule has 2 aliphatic rings. The van der Waals surface area contributed by atoms with Crippen molar-refractivity contribution >= 4 is 0 Å². The van der Waals surface area contributed by atoms with Gasteiger partial charge in [-0.2, -0.15) is 0 Å². The minimum absolute atomic E-state index is 0.491. The van der Waals surface area contributed by atoms with Crippen LogP contribution >= 0.6 is 0 Å². The molecule has 0 radical (unpaired) electrons. The number of rotatable bonds is 5. The summed E-state index contributed by atoms with van der Waals surface area (Å²) in [6.07, 6.45) is 12.9. The van der Waals surface area contributed by atoms with E-state index in [4.69, 9.17) is 4.74 Å². The smallest absolute Gasteiger partial charge is 0.0728 e. The molecule has 17 heavy (non-hydrogen) atoms. The zero-order valence-electron chi connectivity index (χ0n) is 11.4. The van der Waals surface area contributed by atoms with Crippen LogP contribution in [0.1, 0.15) is 64.7 Å². The molecule has 0 spiro atoms. The van der Waals surface area contributed by atoms with Crippen molar-refractivity contribution < 1.29 is 4.74 Å². The van der Waals surface area contributed by atoms with E-state index in [9.17, 15) is 0 Å². The minimum atomic E-state index is 0.491. The molecule has 0 amide bonds. The Kier molecular flexibility index (Phi) is 5.79. The molecule has 2 atom stereocenters. The summed E-state index contributed by atoms with van der Waals surface area (Å²) in [5.74, 6) is 0.855. The molecule has 2 nitrogen and oxygen atoms in total. The lowest BCUT2D eigenvalue weighted by Gasteiger charge is -2.33. The Labute approximate surface area is 107 Å². The Morgan fingerprint density at radius 3 is 2.41 bits per heavy atom. The van der Waals surface area contributed by atoms with Crippen molar-refractivity contribution in [1.29, 1.82) is 0 Å². The number of likely N-dealkylation sites (N-methyl/N-ethyl adjacent to an activating group) is 1. The van der Waals surface area contributed by atoms with Crippen molar-refractivity contribution in [2.45, 2.75) is 76.9 Å². The van der Waals surface area contributed by atoms with Gasteiger partial charge in [0.1, 0.15) is 0 Å². The average molecular weight is 239 g/mol. The van der Waals surface area contributed by atoms with Gasteiger partial charge in [-0.1, -0.05) is 39.0 Å². The predicted molar refractivity (Wildman–Crippen MR) is 72.2 cm³/mol. The Hall–Kier alpha value is -0.0800. The van der Waals surface area contributed by atoms with E-state index in [1.54, 1.807) is 0 Å². The van der Waals surface area contributed by atoms with E-state index < -0.39 is 0 Å². The fourth-order valence-electron chi connectivity index (χ4n) is 3.41. The molecule has 2 heteroatoms. The molecule has 0 aliphatic heterocycles. The Morgan fingerprint density at radius 2 is 1.65 bits per heavy atom. The predicted octanol–water partition coefficient (Wildman–Crippen LogP) is 3.50. The van der Waals surface area contributed by atoms with Gasteiger partial charge in [0.2, 0.25) is 0 Å². The highest BCUT2D eigenvalue weighted by Crippen LogP contribution is 2.26. The Morgan fingerprint density at radius 1 is 0.941 bits per heavy atom. The average Bonchev–Trinajstić information content (AvgIpc) is 2.39. The topological polar surface area (TPSA) is 21.3 Å². The number of hydrogen-bond donors (Lipinski definition) is 1. The van der Waals surface area contributed by atoms with Crippen LogP contribution in [0, 0.1) is 5.92 Å². The van der Waals surface area contributed by atoms with Crippen molar-refractivity contribution in [1.82, 2.24) is 5.32 Å². The summed E-state index contributed by atoms with van der Waals surface area (Å²) in [5.41, 5.74) is 0. The summed E-state index contributed by atoms with van der Waals surface area (Å²) in [4.78, 5) is 0. The van der Waals surface area contributed by atoms with Gasteiger partial charge >= 0.3 is 0 Å². The van der Waals surface area contributed by atoms with Crippen molar-refractivity contribution in [3.63, 3.8) is 0 Å². The molecule has 0 aromatic rings. The van der Waals surface area contributed by atoms with Crippen LogP contribution in [0.3, 0.4) is 0 Å². The molecule has 2 unspecified atom stereocenters. The molecule has 2 saturated carbocycles. The van der Waals surface area contributed by atoms with Crippen molar-refractivity contribution in [3.8, 4) is 0 Å². The third-order valence-corrected chi connectivity index (χ3v) is 4.44. The maximum Gasteiger partial charge on any atom is 0.0728 e. The van der Waals surface area contributed by atoms with Crippen LogP contribution < -0.4 is 5.32 Å². The quantitative estimate of drug-likeness (QED) is 0.793. The third-order valence-electron chi connectivity index (χ3n) is 4.44. The summed E-state index contributed by atoms with van der Waals surface area (Å²) < 4.78 is 6.23. The number of hydrogen-bond acceptors (Lipinski definition) is 2. The highest BCUT2D eigenvalue weighted by Gasteiger charge is 2.26. The van der Waals surface area contributed by atoms with Crippen molar-refractivity contribution in [2.75, 3.05) is 13.2 Å². The molecule has 1 N–H and O–H groups in total.